The lowest BCUT2D eigenvalue weighted by Crippen LogP contribution is -2.16. The van der Waals surface area contributed by atoms with Crippen molar-refractivity contribution in [3.05, 3.63) is 198 Å². The Kier molecular flexibility index (Phi) is 9.89. The Morgan fingerprint density at radius 1 is 0.455 bits per heavy atom. The van der Waals surface area contributed by atoms with Crippen LogP contribution in [0.3, 0.4) is 0 Å². The molecular formula is C62H54N2O2. The monoisotopic (exact) mass is 858 g/mol. The van der Waals surface area contributed by atoms with Gasteiger partial charge in [0.1, 0.15) is 11.2 Å². The van der Waals surface area contributed by atoms with Crippen molar-refractivity contribution >= 4 is 105 Å². The molecule has 324 valence electrons. The lowest BCUT2D eigenvalue weighted by atomic mass is 9.84. The molecule has 0 aliphatic rings. The Labute approximate surface area is 386 Å². The zero-order valence-electron chi connectivity index (χ0n) is 39.1. The maximum atomic E-state index is 6.95. The Balaban J connectivity index is 1.27. The van der Waals surface area contributed by atoms with Gasteiger partial charge >= 0.3 is 0 Å². The lowest BCUT2D eigenvalue weighted by Gasteiger charge is -2.32. The third kappa shape index (κ3) is 6.26. The smallest absolute Gasteiger partial charge is 0.159 e. The van der Waals surface area contributed by atoms with Gasteiger partial charge in [-0.2, -0.15) is 0 Å². The summed E-state index contributed by atoms with van der Waals surface area (Å²) in [5.74, 6) is 0.469. The molecule has 0 unspecified atom stereocenters. The third-order valence-corrected chi connectivity index (χ3v) is 13.8. The standard InChI is InChI=1S/C62H54N2O2/c1-10-11-12-22-41(9)63(53-28-17-25-46-44-23-15-20-39(7)59(44)65-61(46)53)55-34-50(36(2)3)42-31-33-49-56(35-51(37(4)5)43-30-32-48(55)57(42)58(43)49)64(52-27-14-13-19-38(52)6)54-29-18-26-47-45-24-16-21-40(8)60(45)66-62(47)54/h10-37H,9H2,1-8H3/b11-10-,22-12-. The van der Waals surface area contributed by atoms with Crippen molar-refractivity contribution < 1.29 is 8.83 Å². The van der Waals surface area contributed by atoms with Crippen LogP contribution in [0.25, 0.3) is 76.2 Å². The van der Waals surface area contributed by atoms with E-state index in [0.717, 1.165) is 94.5 Å². The number of fused-ring (bicyclic) bond motifs is 6. The van der Waals surface area contributed by atoms with Crippen LogP contribution in [0.4, 0.5) is 28.4 Å². The number of aryl methyl sites for hydroxylation is 3. The molecule has 66 heavy (non-hydrogen) atoms. The number of anilines is 5. The summed E-state index contributed by atoms with van der Waals surface area (Å²) in [4.78, 5) is 4.79. The summed E-state index contributed by atoms with van der Waals surface area (Å²) in [6.45, 7) is 22.5. The topological polar surface area (TPSA) is 32.8 Å². The number of furan rings is 2. The summed E-state index contributed by atoms with van der Waals surface area (Å²) in [7, 11) is 0. The molecule has 0 fully saturated rings. The van der Waals surface area contributed by atoms with Crippen molar-refractivity contribution in [1.82, 2.24) is 0 Å². The minimum Gasteiger partial charge on any atom is -0.454 e. The van der Waals surface area contributed by atoms with Gasteiger partial charge in [0.25, 0.3) is 0 Å². The maximum Gasteiger partial charge on any atom is 0.159 e. The van der Waals surface area contributed by atoms with Crippen molar-refractivity contribution in [2.75, 3.05) is 9.80 Å². The SMILES string of the molecule is C=C(/C=C\C=C/C)N(c1cc(C(C)C)c2ccc3c(N(c4ccccc4C)c4cccc5c4oc4c(C)cccc45)cc(C(C)C)c4ccc1c2c43)c1cccc2c1oc1c(C)cccc12. The van der Waals surface area contributed by atoms with E-state index in [1.807, 2.05) is 13.0 Å². The van der Waals surface area contributed by atoms with E-state index in [-0.39, 0.29) is 11.8 Å². The van der Waals surface area contributed by atoms with E-state index >= 15 is 0 Å². The fourth-order valence-corrected chi connectivity index (χ4v) is 10.6. The molecule has 0 amide bonds. The second kappa shape index (κ2) is 15.9. The van der Waals surface area contributed by atoms with Crippen molar-refractivity contribution in [3.63, 3.8) is 0 Å². The summed E-state index contributed by atoms with van der Waals surface area (Å²) in [5.41, 5.74) is 15.6. The molecule has 0 radical (unpaired) electrons. The van der Waals surface area contributed by atoms with E-state index in [4.69, 9.17) is 15.4 Å². The highest BCUT2D eigenvalue weighted by molar-refractivity contribution is 6.30. The Morgan fingerprint density at radius 3 is 1.47 bits per heavy atom. The van der Waals surface area contributed by atoms with Gasteiger partial charge < -0.3 is 18.6 Å². The summed E-state index contributed by atoms with van der Waals surface area (Å²) in [6.07, 6.45) is 8.28. The zero-order chi connectivity index (χ0) is 45.5. The molecule has 0 N–H and O–H groups in total. The van der Waals surface area contributed by atoms with E-state index in [1.54, 1.807) is 0 Å². The molecule has 0 saturated heterocycles. The average Bonchev–Trinajstić information content (AvgIpc) is 3.91. The van der Waals surface area contributed by atoms with Crippen molar-refractivity contribution in [2.45, 2.75) is 67.2 Å². The Morgan fingerprint density at radius 2 is 0.909 bits per heavy atom. The highest BCUT2D eigenvalue weighted by Crippen LogP contribution is 2.52. The first-order valence-corrected chi connectivity index (χ1v) is 23.3. The molecule has 0 aliphatic heterocycles. The van der Waals surface area contributed by atoms with E-state index < -0.39 is 0 Å². The van der Waals surface area contributed by atoms with Crippen LogP contribution in [-0.2, 0) is 0 Å². The van der Waals surface area contributed by atoms with Gasteiger partial charge in [-0.15, -0.1) is 0 Å². The van der Waals surface area contributed by atoms with E-state index in [1.165, 1.54) is 43.6 Å². The van der Waals surface area contributed by atoms with Gasteiger partial charge in [0, 0.05) is 43.7 Å². The summed E-state index contributed by atoms with van der Waals surface area (Å²) in [6, 6.07) is 49.0. The maximum absolute atomic E-state index is 6.95. The van der Waals surface area contributed by atoms with Gasteiger partial charge in [0.15, 0.2) is 11.2 Å². The fourth-order valence-electron chi connectivity index (χ4n) is 10.6. The van der Waals surface area contributed by atoms with Crippen LogP contribution in [0.15, 0.2) is 179 Å². The summed E-state index contributed by atoms with van der Waals surface area (Å²) >= 11 is 0. The second-order valence-corrected chi connectivity index (χ2v) is 18.6. The van der Waals surface area contributed by atoms with Gasteiger partial charge in [0.05, 0.1) is 22.7 Å². The molecule has 2 heterocycles. The highest BCUT2D eigenvalue weighted by Gasteiger charge is 2.29. The molecule has 2 aromatic heterocycles. The first-order valence-electron chi connectivity index (χ1n) is 23.3. The van der Waals surface area contributed by atoms with Gasteiger partial charge in [-0.3, -0.25) is 0 Å². The normalized spacial score (nSPS) is 12.5. The average molecular weight is 859 g/mol. The molecule has 0 spiro atoms. The van der Waals surface area contributed by atoms with E-state index in [0.29, 0.717) is 0 Å². The van der Waals surface area contributed by atoms with Crippen LogP contribution < -0.4 is 9.80 Å². The molecule has 0 saturated carbocycles. The first kappa shape index (κ1) is 41.2. The predicted molar refractivity (Wildman–Crippen MR) is 283 cm³/mol. The first-order chi connectivity index (χ1) is 32.0. The molecule has 11 aromatic rings. The van der Waals surface area contributed by atoms with Crippen LogP contribution in [0.1, 0.15) is 74.3 Å². The van der Waals surface area contributed by atoms with Crippen LogP contribution in [0.5, 0.6) is 0 Å². The van der Waals surface area contributed by atoms with Crippen LogP contribution >= 0.6 is 0 Å². The van der Waals surface area contributed by atoms with Crippen molar-refractivity contribution in [1.29, 1.82) is 0 Å². The largest absolute Gasteiger partial charge is 0.454 e. The molecule has 0 atom stereocenters. The summed E-state index contributed by atoms with van der Waals surface area (Å²) < 4.78 is 13.8. The van der Waals surface area contributed by atoms with Crippen LogP contribution in [0.2, 0.25) is 0 Å². The fraction of sp³-hybridized carbons (Fsp3) is 0.161. The molecule has 0 bridgehead atoms. The van der Waals surface area contributed by atoms with E-state index in [2.05, 4.69) is 210 Å². The van der Waals surface area contributed by atoms with Gasteiger partial charge in [-0.25, -0.2) is 0 Å². The molecule has 0 aliphatic carbocycles. The number of hydrogen-bond acceptors (Lipinski definition) is 4. The number of hydrogen-bond donors (Lipinski definition) is 0. The Bertz CT molecular complexity index is 3800. The van der Waals surface area contributed by atoms with Gasteiger partial charge in [-0.05, 0) is 125 Å². The molecule has 9 aromatic carbocycles. The Hall–Kier alpha value is -7.56. The summed E-state index contributed by atoms with van der Waals surface area (Å²) in [5, 5.41) is 11.8. The number of para-hydroxylation sites is 5. The highest BCUT2D eigenvalue weighted by atomic mass is 16.3. The minimum absolute atomic E-state index is 0.230. The molecule has 11 rings (SSSR count). The number of benzene rings is 9. The molecular weight excluding hydrogens is 805 g/mol. The predicted octanol–water partition coefficient (Wildman–Crippen LogP) is 18.8. The third-order valence-electron chi connectivity index (χ3n) is 13.8. The van der Waals surface area contributed by atoms with Crippen LogP contribution in [0, 0.1) is 20.8 Å². The number of nitrogens with zero attached hydrogens (tertiary/aromatic N) is 2. The molecule has 4 nitrogen and oxygen atoms in total. The van der Waals surface area contributed by atoms with Crippen molar-refractivity contribution in [3.8, 4) is 0 Å². The van der Waals surface area contributed by atoms with Crippen molar-refractivity contribution in [2.24, 2.45) is 0 Å². The molecule has 4 heteroatoms. The second-order valence-electron chi connectivity index (χ2n) is 18.6. The quantitative estimate of drug-likeness (QED) is 0.101. The zero-order valence-corrected chi connectivity index (χ0v) is 39.1. The minimum atomic E-state index is 0.230. The van der Waals surface area contributed by atoms with Gasteiger partial charge in [-0.1, -0.05) is 156 Å². The van der Waals surface area contributed by atoms with Crippen LogP contribution in [-0.4, -0.2) is 0 Å². The van der Waals surface area contributed by atoms with E-state index in [9.17, 15) is 0 Å². The number of rotatable bonds is 10. The van der Waals surface area contributed by atoms with Gasteiger partial charge in [0.2, 0.25) is 0 Å². The lowest BCUT2D eigenvalue weighted by molar-refractivity contribution is 0.665. The number of allylic oxidation sites excluding steroid dienone is 4.